The number of carbonyl (C=O) groups excluding carboxylic acids is 3. The van der Waals surface area contributed by atoms with Crippen molar-refractivity contribution in [3.8, 4) is 23.0 Å². The first kappa shape index (κ1) is 25.9. The topological polar surface area (TPSA) is 168 Å². The van der Waals surface area contributed by atoms with Crippen LogP contribution in [0, 0.1) is 0 Å². The molecule has 0 aliphatic carbocycles. The molecule has 1 atom stereocenters. The highest BCUT2D eigenvalue weighted by atomic mass is 16.5. The lowest BCUT2D eigenvalue weighted by Gasteiger charge is -2.28. The fourth-order valence-corrected chi connectivity index (χ4v) is 3.40. The number of hydrogen-bond donors (Lipinski definition) is 5. The van der Waals surface area contributed by atoms with E-state index in [1.807, 2.05) is 0 Å². The number of ether oxygens (including phenoxy) is 3. The highest BCUT2D eigenvalue weighted by Gasteiger charge is 2.32. The molecular formula is C24H26N4O8. The number of aromatic hydroxyl groups is 2. The molecule has 2 aromatic rings. The molecule has 0 aromatic heterocycles. The molecule has 5 N–H and O–H groups in total. The molecule has 2 aromatic carbocycles. The Morgan fingerprint density at radius 2 is 1.94 bits per heavy atom. The molecule has 190 valence electrons. The van der Waals surface area contributed by atoms with E-state index in [4.69, 9.17) is 14.2 Å². The van der Waals surface area contributed by atoms with Crippen LogP contribution in [0.4, 0.5) is 4.79 Å². The summed E-state index contributed by atoms with van der Waals surface area (Å²) in [5.41, 5.74) is 3.73. The maximum atomic E-state index is 12.5. The summed E-state index contributed by atoms with van der Waals surface area (Å²) in [6.07, 6.45) is 1.21. The average Bonchev–Trinajstić information content (AvgIpc) is 2.83. The summed E-state index contributed by atoms with van der Waals surface area (Å²) in [6, 6.07) is 7.45. The predicted octanol–water partition coefficient (Wildman–Crippen LogP) is 1.83. The van der Waals surface area contributed by atoms with E-state index in [-0.39, 0.29) is 35.2 Å². The summed E-state index contributed by atoms with van der Waals surface area (Å²) in [5.74, 6) is -0.932. The molecule has 0 radical (unpaired) electrons. The lowest BCUT2D eigenvalue weighted by molar-refractivity contribution is -0.139. The highest BCUT2D eigenvalue weighted by Crippen LogP contribution is 2.34. The lowest BCUT2D eigenvalue weighted by atomic mass is 9.95. The minimum atomic E-state index is -0.783. The molecule has 1 aliphatic heterocycles. The van der Waals surface area contributed by atoms with Crippen LogP contribution in [0.5, 0.6) is 23.0 Å². The van der Waals surface area contributed by atoms with E-state index >= 15 is 0 Å². The second-order valence-corrected chi connectivity index (χ2v) is 7.53. The number of carbonyl (C=O) groups is 3. The summed E-state index contributed by atoms with van der Waals surface area (Å²) in [5, 5.41) is 28.0. The minimum Gasteiger partial charge on any atom is -0.508 e. The van der Waals surface area contributed by atoms with Crippen molar-refractivity contribution >= 4 is 24.1 Å². The van der Waals surface area contributed by atoms with Gasteiger partial charge in [-0.2, -0.15) is 5.10 Å². The largest absolute Gasteiger partial charge is 0.508 e. The standard InChI is InChI=1S/C24H26N4O8/c1-4-35-23(32)21-13(2)26-24(33)27-22(21)14-6-8-18(19(9-14)34-3)36-12-20(31)28-25-11-15-5-7-16(29)10-17(15)30/h5-11,22,29-30H,4,12H2,1-3H3,(H,28,31)(H2,26,27,33)/b25-11-/t22-/m1/s1. The molecule has 1 aliphatic rings. The highest BCUT2D eigenvalue weighted by molar-refractivity contribution is 5.95. The fraction of sp³-hybridized carbons (Fsp3) is 0.250. The molecule has 1 heterocycles. The van der Waals surface area contributed by atoms with Gasteiger partial charge in [-0.15, -0.1) is 0 Å². The zero-order valence-corrected chi connectivity index (χ0v) is 19.8. The molecule has 0 bridgehead atoms. The Balaban J connectivity index is 1.69. The molecule has 0 saturated heterocycles. The zero-order valence-electron chi connectivity index (χ0n) is 19.8. The number of phenolic OH excluding ortho intramolecular Hbond substituents is 2. The molecule has 0 saturated carbocycles. The van der Waals surface area contributed by atoms with E-state index in [2.05, 4.69) is 21.2 Å². The third-order valence-electron chi connectivity index (χ3n) is 5.05. The number of esters is 1. The number of amides is 3. The van der Waals surface area contributed by atoms with Gasteiger partial charge in [0.15, 0.2) is 18.1 Å². The normalized spacial score (nSPS) is 15.2. The van der Waals surface area contributed by atoms with Gasteiger partial charge >= 0.3 is 12.0 Å². The van der Waals surface area contributed by atoms with E-state index in [1.165, 1.54) is 25.5 Å². The van der Waals surface area contributed by atoms with Gasteiger partial charge in [-0.25, -0.2) is 15.0 Å². The first-order chi connectivity index (χ1) is 17.2. The van der Waals surface area contributed by atoms with Gasteiger partial charge in [0.1, 0.15) is 11.5 Å². The first-order valence-electron chi connectivity index (χ1n) is 10.8. The fourth-order valence-electron chi connectivity index (χ4n) is 3.40. The Kier molecular flexibility index (Phi) is 8.34. The van der Waals surface area contributed by atoms with Crippen molar-refractivity contribution in [1.82, 2.24) is 16.1 Å². The van der Waals surface area contributed by atoms with Gasteiger partial charge < -0.3 is 35.1 Å². The lowest BCUT2D eigenvalue weighted by Crippen LogP contribution is -2.45. The van der Waals surface area contributed by atoms with Gasteiger partial charge in [-0.1, -0.05) is 6.07 Å². The second-order valence-electron chi connectivity index (χ2n) is 7.53. The van der Waals surface area contributed by atoms with Gasteiger partial charge in [-0.05, 0) is 43.7 Å². The van der Waals surface area contributed by atoms with Crippen molar-refractivity contribution in [2.45, 2.75) is 19.9 Å². The number of rotatable bonds is 9. The van der Waals surface area contributed by atoms with Crippen molar-refractivity contribution in [1.29, 1.82) is 0 Å². The van der Waals surface area contributed by atoms with Crippen LogP contribution in [0.15, 0.2) is 52.8 Å². The molecule has 3 rings (SSSR count). The third-order valence-corrected chi connectivity index (χ3v) is 5.05. The number of nitrogens with one attached hydrogen (secondary N) is 3. The zero-order chi connectivity index (χ0) is 26.2. The summed E-state index contributed by atoms with van der Waals surface area (Å²) in [7, 11) is 1.41. The van der Waals surface area contributed by atoms with Crippen molar-refractivity contribution in [3.63, 3.8) is 0 Å². The Labute approximate surface area is 206 Å². The Morgan fingerprint density at radius 3 is 2.64 bits per heavy atom. The number of hydrogen-bond acceptors (Lipinski definition) is 9. The summed E-state index contributed by atoms with van der Waals surface area (Å²) >= 11 is 0. The van der Waals surface area contributed by atoms with Gasteiger partial charge in [0, 0.05) is 17.3 Å². The third kappa shape index (κ3) is 6.23. The number of phenols is 2. The average molecular weight is 498 g/mol. The SMILES string of the molecule is CCOC(=O)C1=C(C)NC(=O)N[C@@H]1c1ccc(OCC(=O)N/N=C\c2ccc(O)cc2O)c(OC)c1. The first-order valence-corrected chi connectivity index (χ1v) is 10.8. The maximum absolute atomic E-state index is 12.5. The molecule has 36 heavy (non-hydrogen) atoms. The van der Waals surface area contributed by atoms with Crippen LogP contribution in [-0.2, 0) is 14.3 Å². The van der Waals surface area contributed by atoms with Crippen molar-refractivity contribution in [2.24, 2.45) is 5.10 Å². The molecule has 12 heteroatoms. The molecule has 12 nitrogen and oxygen atoms in total. The molecule has 0 fully saturated rings. The quantitative estimate of drug-likeness (QED) is 0.198. The Morgan fingerprint density at radius 1 is 1.17 bits per heavy atom. The van der Waals surface area contributed by atoms with Crippen LogP contribution in [0.2, 0.25) is 0 Å². The van der Waals surface area contributed by atoms with Crippen LogP contribution in [-0.4, -0.2) is 54.7 Å². The van der Waals surface area contributed by atoms with Crippen LogP contribution in [0.25, 0.3) is 0 Å². The molecule has 0 unspecified atom stereocenters. The smallest absolute Gasteiger partial charge is 0.338 e. The number of urea groups is 1. The summed E-state index contributed by atoms with van der Waals surface area (Å²) < 4.78 is 16.0. The minimum absolute atomic E-state index is 0.104. The Hall–Kier alpha value is -4.74. The molecule has 0 spiro atoms. The Bertz CT molecular complexity index is 1220. The van der Waals surface area contributed by atoms with Crippen LogP contribution in [0.3, 0.4) is 0 Å². The maximum Gasteiger partial charge on any atom is 0.338 e. The van der Waals surface area contributed by atoms with E-state index in [0.29, 0.717) is 16.8 Å². The van der Waals surface area contributed by atoms with E-state index in [0.717, 1.165) is 6.07 Å². The van der Waals surface area contributed by atoms with Crippen molar-refractivity contribution in [2.75, 3.05) is 20.3 Å². The monoisotopic (exact) mass is 498 g/mol. The van der Waals surface area contributed by atoms with Gasteiger partial charge in [0.05, 0.1) is 31.5 Å². The van der Waals surface area contributed by atoms with Gasteiger partial charge in [0.25, 0.3) is 5.91 Å². The van der Waals surface area contributed by atoms with Crippen molar-refractivity contribution in [3.05, 3.63) is 58.8 Å². The van der Waals surface area contributed by atoms with Gasteiger partial charge in [0.2, 0.25) is 0 Å². The second kappa shape index (κ2) is 11.6. The van der Waals surface area contributed by atoms with Crippen LogP contribution in [0.1, 0.15) is 31.0 Å². The predicted molar refractivity (Wildman–Crippen MR) is 128 cm³/mol. The van der Waals surface area contributed by atoms with Crippen molar-refractivity contribution < 1.29 is 38.8 Å². The van der Waals surface area contributed by atoms with E-state index in [1.54, 1.807) is 32.0 Å². The number of methoxy groups -OCH3 is 1. The molecular weight excluding hydrogens is 472 g/mol. The van der Waals surface area contributed by atoms with E-state index in [9.17, 15) is 24.6 Å². The molecule has 3 amide bonds. The van der Waals surface area contributed by atoms with E-state index < -0.39 is 30.6 Å². The van der Waals surface area contributed by atoms with Gasteiger partial charge in [-0.3, -0.25) is 4.79 Å². The number of hydrazone groups is 1. The van der Waals surface area contributed by atoms with Crippen LogP contribution < -0.4 is 25.5 Å². The van der Waals surface area contributed by atoms with Crippen LogP contribution >= 0.6 is 0 Å². The summed E-state index contributed by atoms with van der Waals surface area (Å²) in [4.78, 5) is 36.7. The number of nitrogens with zero attached hydrogens (tertiary/aromatic N) is 1. The number of benzene rings is 2. The number of allylic oxidation sites excluding steroid dienone is 1. The summed E-state index contributed by atoms with van der Waals surface area (Å²) in [6.45, 7) is 3.07.